The van der Waals surface area contributed by atoms with Gasteiger partial charge in [-0.3, -0.25) is 0 Å². The highest BCUT2D eigenvalue weighted by atomic mass is 14.3. The summed E-state index contributed by atoms with van der Waals surface area (Å²) in [6.45, 7) is 6.97. The Bertz CT molecular complexity index is 94.2. The summed E-state index contributed by atoms with van der Waals surface area (Å²) < 4.78 is 0. The van der Waals surface area contributed by atoms with Crippen LogP contribution in [0.25, 0.3) is 0 Å². The lowest BCUT2D eigenvalue weighted by Gasteiger charge is -2.31. The quantitative estimate of drug-likeness (QED) is 0.522. The van der Waals surface area contributed by atoms with Crippen LogP contribution in [-0.4, -0.2) is 0 Å². The molecule has 1 fully saturated rings. The van der Waals surface area contributed by atoms with Crippen LogP contribution in [0.4, 0.5) is 0 Å². The first-order chi connectivity index (χ1) is 4.72. The van der Waals surface area contributed by atoms with Gasteiger partial charge in [0.2, 0.25) is 0 Å². The van der Waals surface area contributed by atoms with Crippen LogP contribution in [0.15, 0.2) is 0 Å². The second-order valence-corrected chi connectivity index (χ2v) is 3.95. The van der Waals surface area contributed by atoms with E-state index in [2.05, 4.69) is 20.8 Å². The second kappa shape index (κ2) is 3.41. The van der Waals surface area contributed by atoms with Gasteiger partial charge >= 0.3 is 0 Å². The van der Waals surface area contributed by atoms with Gasteiger partial charge in [-0.2, -0.15) is 0 Å². The summed E-state index contributed by atoms with van der Waals surface area (Å²) >= 11 is 0. The summed E-state index contributed by atoms with van der Waals surface area (Å²) in [6, 6.07) is 0. The number of hydrogen-bond acceptors (Lipinski definition) is 0. The lowest BCUT2D eigenvalue weighted by Crippen LogP contribution is -2.20. The van der Waals surface area contributed by atoms with Crippen molar-refractivity contribution in [2.24, 2.45) is 11.8 Å². The number of hydrogen-bond donors (Lipinski definition) is 0. The van der Waals surface area contributed by atoms with E-state index >= 15 is 0 Å². The van der Waals surface area contributed by atoms with Gasteiger partial charge < -0.3 is 0 Å². The Morgan fingerprint density at radius 2 is 1.70 bits per heavy atom. The molecule has 0 saturated heterocycles. The molecule has 1 rings (SSSR count). The molecule has 0 amide bonds. The number of rotatable bonds is 1. The molecule has 0 nitrogen and oxygen atoms in total. The van der Waals surface area contributed by atoms with Gasteiger partial charge in [-0.25, -0.2) is 0 Å². The molecule has 2 atom stereocenters. The summed E-state index contributed by atoms with van der Waals surface area (Å²) in [5.74, 6) is 3.54. The van der Waals surface area contributed by atoms with E-state index in [0.29, 0.717) is 0 Å². The lowest BCUT2D eigenvalue weighted by atomic mass is 9.75. The van der Waals surface area contributed by atoms with Crippen LogP contribution in [-0.2, 0) is 0 Å². The van der Waals surface area contributed by atoms with Gasteiger partial charge in [0.25, 0.3) is 0 Å². The fourth-order valence-corrected chi connectivity index (χ4v) is 2.17. The van der Waals surface area contributed by atoms with E-state index in [1.165, 1.54) is 25.7 Å². The van der Waals surface area contributed by atoms with Crippen LogP contribution < -0.4 is 0 Å². The van der Waals surface area contributed by atoms with Crippen LogP contribution in [0.2, 0.25) is 0 Å². The smallest absolute Gasteiger partial charge is 0.0269 e. The molecule has 0 aromatic carbocycles. The molecule has 1 aliphatic rings. The molecule has 0 bridgehead atoms. The highest BCUT2D eigenvalue weighted by Crippen LogP contribution is 2.35. The lowest BCUT2D eigenvalue weighted by molar-refractivity contribution is 0.269. The first-order valence-corrected chi connectivity index (χ1v) is 4.52. The topological polar surface area (TPSA) is 0 Å². The summed E-state index contributed by atoms with van der Waals surface area (Å²) in [5.41, 5.74) is 0. The maximum Gasteiger partial charge on any atom is -0.0269 e. The minimum atomic E-state index is 0.939. The minimum Gasteiger partial charge on any atom is -0.0622 e. The molecule has 0 N–H and O–H groups in total. The molecule has 0 aliphatic heterocycles. The van der Waals surface area contributed by atoms with Gasteiger partial charge in [0, 0.05) is 0 Å². The SMILES string of the molecule is C[C](C)C1CCCCC1C. The Balaban J connectivity index is 2.40. The molecule has 0 spiro atoms. The van der Waals surface area contributed by atoms with Gasteiger partial charge in [-0.1, -0.05) is 40.0 Å². The normalized spacial score (nSPS) is 34.8. The van der Waals surface area contributed by atoms with Crippen molar-refractivity contribution >= 4 is 0 Å². The van der Waals surface area contributed by atoms with Crippen LogP contribution >= 0.6 is 0 Å². The maximum atomic E-state index is 2.40. The standard InChI is InChI=1S/C10H19/c1-8(2)10-7-5-4-6-9(10)3/h9-10H,4-7H2,1-3H3. The monoisotopic (exact) mass is 139 g/mol. The average Bonchev–Trinajstić information content (AvgIpc) is 1.88. The van der Waals surface area contributed by atoms with E-state index in [4.69, 9.17) is 0 Å². The first-order valence-electron chi connectivity index (χ1n) is 4.52. The average molecular weight is 139 g/mol. The van der Waals surface area contributed by atoms with E-state index in [1.54, 1.807) is 5.92 Å². The van der Waals surface area contributed by atoms with Crippen molar-refractivity contribution in [3.63, 3.8) is 0 Å². The summed E-state index contributed by atoms with van der Waals surface area (Å²) in [4.78, 5) is 0. The van der Waals surface area contributed by atoms with E-state index in [1.807, 2.05) is 0 Å². The third kappa shape index (κ3) is 1.74. The highest BCUT2D eigenvalue weighted by molar-refractivity contribution is 4.91. The van der Waals surface area contributed by atoms with Gasteiger partial charge in [-0.15, -0.1) is 0 Å². The molecule has 1 radical (unpaired) electrons. The summed E-state index contributed by atoms with van der Waals surface area (Å²) in [6.07, 6.45) is 5.82. The van der Waals surface area contributed by atoms with Crippen LogP contribution in [0.5, 0.6) is 0 Å². The molecular weight excluding hydrogens is 120 g/mol. The van der Waals surface area contributed by atoms with E-state index < -0.39 is 0 Å². The predicted octanol–water partition coefficient (Wildman–Crippen LogP) is 3.43. The zero-order valence-corrected chi connectivity index (χ0v) is 7.48. The van der Waals surface area contributed by atoms with E-state index in [9.17, 15) is 0 Å². The van der Waals surface area contributed by atoms with Crippen LogP contribution in [0, 0.1) is 17.8 Å². The molecule has 1 saturated carbocycles. The summed E-state index contributed by atoms with van der Waals surface area (Å²) in [5, 5.41) is 0. The fraction of sp³-hybridized carbons (Fsp3) is 0.900. The van der Waals surface area contributed by atoms with E-state index in [0.717, 1.165) is 11.8 Å². The minimum absolute atomic E-state index is 0.939. The molecule has 1 aliphatic carbocycles. The molecule has 0 heterocycles. The van der Waals surface area contributed by atoms with Crippen LogP contribution in [0.3, 0.4) is 0 Å². The van der Waals surface area contributed by atoms with Crippen molar-refractivity contribution in [3.8, 4) is 0 Å². The molecule has 0 aromatic heterocycles. The van der Waals surface area contributed by atoms with Gasteiger partial charge in [0.15, 0.2) is 0 Å². The zero-order chi connectivity index (χ0) is 7.56. The predicted molar refractivity (Wildman–Crippen MR) is 45.7 cm³/mol. The van der Waals surface area contributed by atoms with Gasteiger partial charge in [0.1, 0.15) is 0 Å². The van der Waals surface area contributed by atoms with Crippen molar-refractivity contribution in [2.45, 2.75) is 46.5 Å². The second-order valence-electron chi connectivity index (χ2n) is 3.95. The third-order valence-electron chi connectivity index (χ3n) is 2.85. The Morgan fingerprint density at radius 3 is 2.10 bits per heavy atom. The highest BCUT2D eigenvalue weighted by Gasteiger charge is 2.23. The Kier molecular flexibility index (Phi) is 2.76. The van der Waals surface area contributed by atoms with Gasteiger partial charge in [0.05, 0.1) is 0 Å². The summed E-state index contributed by atoms with van der Waals surface area (Å²) in [7, 11) is 0. The third-order valence-corrected chi connectivity index (χ3v) is 2.85. The van der Waals surface area contributed by atoms with Gasteiger partial charge in [-0.05, 0) is 24.2 Å². The molecule has 0 heteroatoms. The maximum absolute atomic E-state index is 2.40. The molecule has 59 valence electrons. The molecule has 10 heavy (non-hydrogen) atoms. The van der Waals surface area contributed by atoms with Crippen molar-refractivity contribution in [1.82, 2.24) is 0 Å². The largest absolute Gasteiger partial charge is 0.0622 e. The first kappa shape index (κ1) is 8.10. The zero-order valence-electron chi connectivity index (χ0n) is 7.48. The van der Waals surface area contributed by atoms with Crippen molar-refractivity contribution in [3.05, 3.63) is 5.92 Å². The van der Waals surface area contributed by atoms with Crippen molar-refractivity contribution in [1.29, 1.82) is 0 Å². The Hall–Kier alpha value is 0. The van der Waals surface area contributed by atoms with E-state index in [-0.39, 0.29) is 0 Å². The molecule has 0 aromatic rings. The van der Waals surface area contributed by atoms with Crippen LogP contribution in [0.1, 0.15) is 46.5 Å². The molecular formula is C10H19. The fourth-order valence-electron chi connectivity index (χ4n) is 2.17. The molecule has 2 unspecified atom stereocenters. The Morgan fingerprint density at radius 1 is 1.10 bits per heavy atom. The Labute approximate surface area is 65.0 Å². The van der Waals surface area contributed by atoms with Crippen molar-refractivity contribution in [2.75, 3.05) is 0 Å². The van der Waals surface area contributed by atoms with Crippen molar-refractivity contribution < 1.29 is 0 Å².